The van der Waals surface area contributed by atoms with E-state index in [1.807, 2.05) is 0 Å². The van der Waals surface area contributed by atoms with Crippen LogP contribution in [-0.4, -0.2) is 24.0 Å². The molecule has 2 saturated heterocycles. The Morgan fingerprint density at radius 2 is 1.67 bits per heavy atom. The van der Waals surface area contributed by atoms with Crippen LogP contribution in [-0.2, 0) is 0 Å². The quantitative estimate of drug-likeness (QED) is 0.474. The van der Waals surface area contributed by atoms with Crippen molar-refractivity contribution in [2.24, 2.45) is 5.92 Å². The van der Waals surface area contributed by atoms with Gasteiger partial charge in [0.15, 0.2) is 0 Å². The molecule has 0 spiro atoms. The lowest BCUT2D eigenvalue weighted by Gasteiger charge is -2.53. The third-order valence-electron chi connectivity index (χ3n) is 3.04. The second-order valence-electron chi connectivity index (χ2n) is 3.79. The van der Waals surface area contributed by atoms with Gasteiger partial charge >= 0.3 is 0 Å². The van der Waals surface area contributed by atoms with Gasteiger partial charge in [0.1, 0.15) is 0 Å². The molecule has 1 saturated carbocycles. The van der Waals surface area contributed by atoms with Crippen LogP contribution in [0.2, 0.25) is 0 Å². The van der Waals surface area contributed by atoms with Crippen molar-refractivity contribution in [3.05, 3.63) is 0 Å². The monoisotopic (exact) mass is 125 g/mol. The van der Waals surface area contributed by atoms with Crippen LogP contribution >= 0.6 is 0 Å². The van der Waals surface area contributed by atoms with Gasteiger partial charge in [-0.1, -0.05) is 6.92 Å². The summed E-state index contributed by atoms with van der Waals surface area (Å²) in [5.74, 6) is 1.00. The van der Waals surface area contributed by atoms with Crippen LogP contribution in [0, 0.1) is 5.92 Å². The van der Waals surface area contributed by atoms with E-state index in [2.05, 4.69) is 18.9 Å². The third kappa shape index (κ3) is 0.710. The van der Waals surface area contributed by atoms with Crippen molar-refractivity contribution in [3.63, 3.8) is 0 Å². The Hall–Kier alpha value is -0.0400. The minimum Gasteiger partial charge on any atom is -0.300 e. The maximum absolute atomic E-state index is 2.54. The first-order chi connectivity index (χ1) is 4.27. The number of hydrogen-bond donors (Lipinski definition) is 0. The Labute approximate surface area is 57.0 Å². The first-order valence-corrected chi connectivity index (χ1v) is 3.99. The molecule has 1 aliphatic carbocycles. The van der Waals surface area contributed by atoms with Gasteiger partial charge in [-0.2, -0.15) is 0 Å². The topological polar surface area (TPSA) is 3.24 Å². The molecule has 9 heavy (non-hydrogen) atoms. The largest absolute Gasteiger partial charge is 0.300 e. The summed E-state index contributed by atoms with van der Waals surface area (Å²) >= 11 is 0. The van der Waals surface area contributed by atoms with Crippen LogP contribution in [0.3, 0.4) is 0 Å². The lowest BCUT2D eigenvalue weighted by Crippen LogP contribution is -2.58. The highest BCUT2D eigenvalue weighted by atomic mass is 15.2. The zero-order valence-corrected chi connectivity index (χ0v) is 6.30. The molecule has 0 aromatic carbocycles. The van der Waals surface area contributed by atoms with E-state index in [1.165, 1.54) is 19.3 Å². The summed E-state index contributed by atoms with van der Waals surface area (Å²) in [6.45, 7) is 2.38. The molecule has 3 aliphatic rings. The minimum atomic E-state index is 0.957. The summed E-state index contributed by atoms with van der Waals surface area (Å²) in [5, 5.41) is 0. The maximum Gasteiger partial charge on any atom is 0.0113 e. The van der Waals surface area contributed by atoms with Crippen molar-refractivity contribution >= 4 is 0 Å². The normalized spacial score (nSPS) is 50.7. The van der Waals surface area contributed by atoms with Crippen LogP contribution < -0.4 is 0 Å². The lowest BCUT2D eigenvalue weighted by atomic mass is 9.75. The van der Waals surface area contributed by atoms with Crippen molar-refractivity contribution in [1.82, 2.24) is 4.90 Å². The summed E-state index contributed by atoms with van der Waals surface area (Å²) in [5.41, 5.74) is 0. The average Bonchev–Trinajstić information content (AvgIpc) is 1.87. The Balaban J connectivity index is 2.01. The highest BCUT2D eigenvalue weighted by Gasteiger charge is 2.40. The van der Waals surface area contributed by atoms with Gasteiger partial charge in [0.25, 0.3) is 0 Å². The van der Waals surface area contributed by atoms with Gasteiger partial charge in [-0.3, -0.25) is 0 Å². The molecule has 2 aliphatic heterocycles. The smallest absolute Gasteiger partial charge is 0.0113 e. The first kappa shape index (κ1) is 5.72. The molecule has 3 rings (SSSR count). The number of nitrogens with zero attached hydrogens (tertiary/aromatic N) is 1. The second-order valence-corrected chi connectivity index (χ2v) is 3.79. The summed E-state index contributed by atoms with van der Waals surface area (Å²) in [7, 11) is 2.27. The van der Waals surface area contributed by atoms with Gasteiger partial charge in [-0.25, -0.2) is 0 Å². The molecule has 2 heterocycles. The fourth-order valence-corrected chi connectivity index (χ4v) is 2.36. The van der Waals surface area contributed by atoms with E-state index >= 15 is 0 Å². The molecular formula is C8H15N. The molecule has 0 amide bonds. The van der Waals surface area contributed by atoms with Crippen LogP contribution in [0.15, 0.2) is 0 Å². The van der Waals surface area contributed by atoms with E-state index in [9.17, 15) is 0 Å². The Morgan fingerprint density at radius 1 is 1.11 bits per heavy atom. The van der Waals surface area contributed by atoms with Crippen molar-refractivity contribution in [2.45, 2.75) is 38.3 Å². The van der Waals surface area contributed by atoms with Gasteiger partial charge in [0.2, 0.25) is 0 Å². The standard InChI is InChI=1S/C8H15N/c1-6-3-7-5-8(4-6)9(7)2/h6-8H,3-5H2,1-2H3/t6-,7+,8-. The molecule has 1 nitrogen and oxygen atoms in total. The fourth-order valence-electron chi connectivity index (χ4n) is 2.36. The zero-order chi connectivity index (χ0) is 6.43. The molecule has 52 valence electrons. The van der Waals surface area contributed by atoms with Gasteiger partial charge in [0, 0.05) is 12.1 Å². The molecule has 0 unspecified atom stereocenters. The second kappa shape index (κ2) is 1.72. The zero-order valence-electron chi connectivity index (χ0n) is 6.30. The Bertz CT molecular complexity index is 110. The molecule has 0 N–H and O–H groups in total. The van der Waals surface area contributed by atoms with Crippen LogP contribution in [0.4, 0.5) is 0 Å². The number of piperidine rings is 1. The maximum atomic E-state index is 2.54. The van der Waals surface area contributed by atoms with Gasteiger partial charge < -0.3 is 4.90 Å². The molecule has 3 atom stereocenters. The molecule has 1 heteroatoms. The summed E-state index contributed by atoms with van der Waals surface area (Å²) in [6.07, 6.45) is 4.39. The Morgan fingerprint density at radius 3 is 2.00 bits per heavy atom. The highest BCUT2D eigenvalue weighted by Crippen LogP contribution is 2.39. The van der Waals surface area contributed by atoms with Gasteiger partial charge in [0.05, 0.1) is 0 Å². The van der Waals surface area contributed by atoms with Gasteiger partial charge in [-0.05, 0) is 32.2 Å². The summed E-state index contributed by atoms with van der Waals surface area (Å²) in [6, 6.07) is 1.91. The van der Waals surface area contributed by atoms with E-state index in [-0.39, 0.29) is 0 Å². The predicted octanol–water partition coefficient (Wildman–Crippen LogP) is 1.49. The summed E-state index contributed by atoms with van der Waals surface area (Å²) in [4.78, 5) is 2.54. The highest BCUT2D eigenvalue weighted by molar-refractivity contribution is 4.96. The van der Waals surface area contributed by atoms with Crippen LogP contribution in [0.1, 0.15) is 26.2 Å². The van der Waals surface area contributed by atoms with E-state index in [4.69, 9.17) is 0 Å². The first-order valence-electron chi connectivity index (χ1n) is 3.99. The van der Waals surface area contributed by atoms with Crippen LogP contribution in [0.25, 0.3) is 0 Å². The van der Waals surface area contributed by atoms with E-state index in [0.29, 0.717) is 0 Å². The summed E-state index contributed by atoms with van der Waals surface area (Å²) < 4.78 is 0. The molecule has 2 bridgehead atoms. The SMILES string of the molecule is C[C@H]1C[C@@H]2C[C@H](C1)N2C. The molecule has 0 aromatic rings. The van der Waals surface area contributed by atoms with E-state index < -0.39 is 0 Å². The molecular weight excluding hydrogens is 110 g/mol. The lowest BCUT2D eigenvalue weighted by molar-refractivity contribution is -0.0258. The van der Waals surface area contributed by atoms with E-state index in [0.717, 1.165) is 18.0 Å². The molecule has 3 fully saturated rings. The fraction of sp³-hybridized carbons (Fsp3) is 1.00. The third-order valence-corrected chi connectivity index (χ3v) is 3.04. The average molecular weight is 125 g/mol. The number of fused-ring (bicyclic) bond motifs is 2. The van der Waals surface area contributed by atoms with Crippen molar-refractivity contribution < 1.29 is 0 Å². The molecule has 0 aromatic heterocycles. The molecule has 0 radical (unpaired) electrons. The van der Waals surface area contributed by atoms with Crippen molar-refractivity contribution in [3.8, 4) is 0 Å². The van der Waals surface area contributed by atoms with Gasteiger partial charge in [-0.15, -0.1) is 0 Å². The Kier molecular flexibility index (Phi) is 1.10. The minimum absolute atomic E-state index is 0.957. The van der Waals surface area contributed by atoms with E-state index in [1.54, 1.807) is 0 Å². The predicted molar refractivity (Wildman–Crippen MR) is 38.4 cm³/mol. The van der Waals surface area contributed by atoms with Crippen LogP contribution in [0.5, 0.6) is 0 Å². The number of rotatable bonds is 0. The number of hydrogen-bond acceptors (Lipinski definition) is 1. The van der Waals surface area contributed by atoms with Crippen molar-refractivity contribution in [2.75, 3.05) is 7.05 Å². The van der Waals surface area contributed by atoms with Crippen molar-refractivity contribution in [1.29, 1.82) is 0 Å².